The van der Waals surface area contributed by atoms with Crippen LogP contribution in [0, 0.1) is 5.92 Å². The number of ether oxygens (including phenoxy) is 3. The summed E-state index contributed by atoms with van der Waals surface area (Å²) in [6.45, 7) is 2.10. The second-order valence-corrected chi connectivity index (χ2v) is 4.84. The van der Waals surface area contributed by atoms with Gasteiger partial charge in [0.15, 0.2) is 0 Å². The van der Waals surface area contributed by atoms with Crippen LogP contribution >= 0.6 is 0 Å². The molecule has 0 bridgehead atoms. The predicted molar refractivity (Wildman–Crippen MR) is 76.5 cm³/mol. The molecule has 0 spiro atoms. The Morgan fingerprint density at radius 2 is 2.05 bits per heavy atom. The first-order valence-electron chi connectivity index (χ1n) is 6.60. The van der Waals surface area contributed by atoms with Crippen LogP contribution in [0.4, 0.5) is 0 Å². The van der Waals surface area contributed by atoms with E-state index in [0.717, 1.165) is 22.4 Å². The smallest absolute Gasteiger partial charge is 0.309 e. The summed E-state index contributed by atoms with van der Waals surface area (Å²) in [6.07, 6.45) is 2.20. The van der Waals surface area contributed by atoms with Crippen LogP contribution in [0.15, 0.2) is 24.3 Å². The molecule has 0 saturated carbocycles. The van der Waals surface area contributed by atoms with Gasteiger partial charge in [0.25, 0.3) is 0 Å². The molecule has 0 unspecified atom stereocenters. The summed E-state index contributed by atoms with van der Waals surface area (Å²) >= 11 is 0. The van der Waals surface area contributed by atoms with Gasteiger partial charge in [-0.25, -0.2) is 0 Å². The van der Waals surface area contributed by atoms with Crippen LogP contribution in [0.25, 0.3) is 5.57 Å². The minimum Gasteiger partial charge on any atom is -0.497 e. The summed E-state index contributed by atoms with van der Waals surface area (Å²) in [5.41, 5.74) is 3.35. The molecule has 2 atom stereocenters. The molecule has 1 aliphatic rings. The molecule has 0 amide bonds. The number of carbonyl (C=O) groups is 1. The van der Waals surface area contributed by atoms with Crippen molar-refractivity contribution < 1.29 is 19.0 Å². The third-order valence-electron chi connectivity index (χ3n) is 3.79. The maximum Gasteiger partial charge on any atom is 0.309 e. The Morgan fingerprint density at radius 1 is 1.30 bits per heavy atom. The van der Waals surface area contributed by atoms with Crippen LogP contribution in [0.1, 0.15) is 30.6 Å². The van der Waals surface area contributed by atoms with E-state index < -0.39 is 0 Å². The van der Waals surface area contributed by atoms with E-state index in [1.807, 2.05) is 24.3 Å². The van der Waals surface area contributed by atoms with Crippen LogP contribution in [0.3, 0.4) is 0 Å². The molecule has 0 N–H and O–H groups in total. The first kappa shape index (κ1) is 14.6. The average molecular weight is 276 g/mol. The van der Waals surface area contributed by atoms with E-state index in [2.05, 4.69) is 11.7 Å². The number of hydrogen-bond acceptors (Lipinski definition) is 4. The standard InChI is InChI=1S/C16H20O4/c1-10-12(7-8-15(17)19-3)13-6-5-11(18-2)9-14(13)16(10)20-4/h5-7,9-10,16H,8H2,1-4H3/b12-7+/t10-,16+/m1/s1. The highest BCUT2D eigenvalue weighted by atomic mass is 16.5. The highest BCUT2D eigenvalue weighted by Crippen LogP contribution is 2.47. The normalized spacial score (nSPS) is 22.7. The quantitative estimate of drug-likeness (QED) is 0.793. The summed E-state index contributed by atoms with van der Waals surface area (Å²) in [5, 5.41) is 0. The summed E-state index contributed by atoms with van der Waals surface area (Å²) < 4.78 is 15.6. The number of methoxy groups -OCH3 is 3. The molecule has 1 aliphatic carbocycles. The molecule has 1 aromatic rings. The molecule has 0 aliphatic heterocycles. The minimum atomic E-state index is -0.236. The molecule has 1 aromatic carbocycles. The highest BCUT2D eigenvalue weighted by Gasteiger charge is 2.33. The lowest BCUT2D eigenvalue weighted by atomic mass is 9.99. The lowest BCUT2D eigenvalue weighted by Crippen LogP contribution is -2.05. The molecule has 0 radical (unpaired) electrons. The fraction of sp³-hybridized carbons (Fsp3) is 0.438. The van der Waals surface area contributed by atoms with E-state index in [4.69, 9.17) is 9.47 Å². The van der Waals surface area contributed by atoms with E-state index in [1.165, 1.54) is 7.11 Å². The lowest BCUT2D eigenvalue weighted by Gasteiger charge is -2.15. The molecule has 108 valence electrons. The third kappa shape index (κ3) is 2.56. The van der Waals surface area contributed by atoms with Gasteiger partial charge in [0.2, 0.25) is 0 Å². The molecule has 4 nitrogen and oxygen atoms in total. The summed E-state index contributed by atoms with van der Waals surface area (Å²) in [5.74, 6) is 0.777. The Morgan fingerprint density at radius 3 is 2.65 bits per heavy atom. The maximum absolute atomic E-state index is 11.3. The van der Waals surface area contributed by atoms with Gasteiger partial charge in [0.1, 0.15) is 5.75 Å². The summed E-state index contributed by atoms with van der Waals surface area (Å²) in [4.78, 5) is 11.3. The van der Waals surface area contributed by atoms with Crippen molar-refractivity contribution in [2.75, 3.05) is 21.3 Å². The second kappa shape index (κ2) is 6.09. The van der Waals surface area contributed by atoms with Crippen molar-refractivity contribution in [1.82, 2.24) is 0 Å². The molecular formula is C16H20O4. The topological polar surface area (TPSA) is 44.8 Å². The number of benzene rings is 1. The SMILES string of the molecule is COC(=O)C/C=C1/c2ccc(OC)cc2[C@@H](OC)[C@@H]1C. The molecule has 4 heteroatoms. The fourth-order valence-electron chi connectivity index (χ4n) is 2.75. The largest absolute Gasteiger partial charge is 0.497 e. The Balaban J connectivity index is 2.40. The zero-order valence-electron chi connectivity index (χ0n) is 12.3. The molecule has 0 heterocycles. The van der Waals surface area contributed by atoms with E-state index >= 15 is 0 Å². The van der Waals surface area contributed by atoms with Crippen molar-refractivity contribution in [3.05, 3.63) is 35.4 Å². The first-order chi connectivity index (χ1) is 9.62. The number of fused-ring (bicyclic) bond motifs is 1. The van der Waals surface area contributed by atoms with Gasteiger partial charge in [-0.1, -0.05) is 19.1 Å². The zero-order valence-corrected chi connectivity index (χ0v) is 12.3. The van der Waals surface area contributed by atoms with E-state index in [1.54, 1.807) is 14.2 Å². The Kier molecular flexibility index (Phi) is 4.45. The fourth-order valence-corrected chi connectivity index (χ4v) is 2.75. The summed E-state index contributed by atoms with van der Waals surface area (Å²) in [7, 11) is 4.75. The van der Waals surface area contributed by atoms with Crippen molar-refractivity contribution in [3.8, 4) is 5.75 Å². The molecule has 0 fully saturated rings. The van der Waals surface area contributed by atoms with Crippen LogP contribution in [-0.2, 0) is 14.3 Å². The third-order valence-corrected chi connectivity index (χ3v) is 3.79. The van der Waals surface area contributed by atoms with Gasteiger partial charge in [-0.05, 0) is 28.8 Å². The van der Waals surface area contributed by atoms with E-state index in [-0.39, 0.29) is 24.4 Å². The van der Waals surface area contributed by atoms with Crippen molar-refractivity contribution in [2.24, 2.45) is 5.92 Å². The molecule has 20 heavy (non-hydrogen) atoms. The van der Waals surface area contributed by atoms with Gasteiger partial charge in [0, 0.05) is 13.0 Å². The van der Waals surface area contributed by atoms with Crippen molar-refractivity contribution in [2.45, 2.75) is 19.4 Å². The van der Waals surface area contributed by atoms with E-state index in [0.29, 0.717) is 0 Å². The molecular weight excluding hydrogens is 256 g/mol. The number of rotatable bonds is 4. The van der Waals surface area contributed by atoms with Gasteiger partial charge in [-0.15, -0.1) is 0 Å². The molecule has 0 saturated heterocycles. The second-order valence-electron chi connectivity index (χ2n) is 4.84. The van der Waals surface area contributed by atoms with Gasteiger partial charge in [0.05, 0.1) is 26.7 Å². The van der Waals surface area contributed by atoms with Crippen molar-refractivity contribution in [1.29, 1.82) is 0 Å². The Bertz CT molecular complexity index is 533. The Hall–Kier alpha value is -1.81. The van der Waals surface area contributed by atoms with Crippen LogP contribution in [-0.4, -0.2) is 27.3 Å². The number of esters is 1. The number of hydrogen-bond donors (Lipinski definition) is 0. The Labute approximate surface area is 119 Å². The van der Waals surface area contributed by atoms with Gasteiger partial charge in [-0.3, -0.25) is 4.79 Å². The van der Waals surface area contributed by atoms with Crippen LogP contribution in [0.5, 0.6) is 5.75 Å². The zero-order chi connectivity index (χ0) is 14.7. The monoisotopic (exact) mass is 276 g/mol. The van der Waals surface area contributed by atoms with Crippen molar-refractivity contribution >= 4 is 11.5 Å². The predicted octanol–water partition coefficient (Wildman–Crippen LogP) is 2.98. The first-order valence-corrected chi connectivity index (χ1v) is 6.60. The summed E-state index contributed by atoms with van der Waals surface area (Å²) in [6, 6.07) is 5.95. The van der Waals surface area contributed by atoms with Crippen molar-refractivity contribution in [3.63, 3.8) is 0 Å². The van der Waals surface area contributed by atoms with Gasteiger partial charge < -0.3 is 14.2 Å². The van der Waals surface area contributed by atoms with E-state index in [9.17, 15) is 4.79 Å². The van der Waals surface area contributed by atoms with Crippen LogP contribution < -0.4 is 4.74 Å². The highest BCUT2D eigenvalue weighted by molar-refractivity contribution is 5.80. The average Bonchev–Trinajstić information content (AvgIpc) is 2.74. The van der Waals surface area contributed by atoms with Gasteiger partial charge in [-0.2, -0.15) is 0 Å². The molecule has 2 rings (SSSR count). The van der Waals surface area contributed by atoms with Gasteiger partial charge >= 0.3 is 5.97 Å². The maximum atomic E-state index is 11.3. The number of carbonyl (C=O) groups excluding carboxylic acids is 1. The minimum absolute atomic E-state index is 0.0102. The molecule has 0 aromatic heterocycles. The van der Waals surface area contributed by atoms with Crippen LogP contribution in [0.2, 0.25) is 0 Å². The lowest BCUT2D eigenvalue weighted by molar-refractivity contribution is -0.139.